The zero-order valence-corrected chi connectivity index (χ0v) is 14.9. The minimum atomic E-state index is 0.0161. The minimum absolute atomic E-state index is 0.0161. The number of fused-ring (bicyclic) bond motifs is 1. The number of carbonyl (C=O) groups excluding carboxylic acids is 2. The van der Waals surface area contributed by atoms with Crippen LogP contribution in [0.3, 0.4) is 0 Å². The predicted molar refractivity (Wildman–Crippen MR) is 102 cm³/mol. The molecular formula is C22H27NO2. The fraction of sp³-hybridized carbons (Fsp3) is 0.455. The molecule has 0 aliphatic heterocycles. The topological polar surface area (TPSA) is 46.2 Å². The minimum Gasteiger partial charge on any atom is -0.326 e. The van der Waals surface area contributed by atoms with Crippen LogP contribution in [0.1, 0.15) is 55.8 Å². The first-order chi connectivity index (χ1) is 12.2. The van der Waals surface area contributed by atoms with E-state index in [0.717, 1.165) is 44.2 Å². The highest BCUT2D eigenvalue weighted by atomic mass is 16.2. The zero-order chi connectivity index (χ0) is 17.6. The van der Waals surface area contributed by atoms with E-state index in [-0.39, 0.29) is 17.6 Å². The average Bonchev–Trinajstić information content (AvgIpc) is 3.27. The Hall–Kier alpha value is -2.16. The van der Waals surface area contributed by atoms with Gasteiger partial charge in [0.2, 0.25) is 5.91 Å². The molecule has 0 spiro atoms. The summed E-state index contributed by atoms with van der Waals surface area (Å²) in [5.41, 5.74) is 1.36. The average molecular weight is 337 g/mol. The number of benzene rings is 1. The summed E-state index contributed by atoms with van der Waals surface area (Å²) in [6, 6.07) is 7.21. The summed E-state index contributed by atoms with van der Waals surface area (Å²) in [6.07, 6.45) is 15.6. The van der Waals surface area contributed by atoms with Crippen LogP contribution in [0, 0.1) is 17.8 Å². The van der Waals surface area contributed by atoms with Gasteiger partial charge < -0.3 is 5.32 Å². The first-order valence-corrected chi connectivity index (χ1v) is 9.38. The molecule has 1 amide bonds. The Bertz CT molecular complexity index is 665. The number of ketones is 1. The van der Waals surface area contributed by atoms with Crippen molar-refractivity contribution in [2.45, 2.75) is 45.4 Å². The second-order valence-corrected chi connectivity index (χ2v) is 7.15. The van der Waals surface area contributed by atoms with Gasteiger partial charge in [-0.25, -0.2) is 0 Å². The molecule has 1 N–H and O–H groups in total. The van der Waals surface area contributed by atoms with Crippen LogP contribution in [0.15, 0.2) is 48.6 Å². The third-order valence-electron chi connectivity index (χ3n) is 5.34. The molecule has 0 saturated heterocycles. The maximum absolute atomic E-state index is 12.7. The zero-order valence-electron chi connectivity index (χ0n) is 14.9. The van der Waals surface area contributed by atoms with Gasteiger partial charge in [-0.05, 0) is 69.4 Å². The fourth-order valence-corrected chi connectivity index (χ4v) is 3.90. The van der Waals surface area contributed by atoms with E-state index in [1.807, 2.05) is 12.1 Å². The molecule has 0 heterocycles. The number of amides is 1. The lowest BCUT2D eigenvalue weighted by Crippen LogP contribution is -2.16. The monoisotopic (exact) mass is 337 g/mol. The van der Waals surface area contributed by atoms with Gasteiger partial charge in [0.1, 0.15) is 0 Å². The Morgan fingerprint density at radius 3 is 2.12 bits per heavy atom. The Balaban J connectivity index is 1.63. The van der Waals surface area contributed by atoms with Crippen molar-refractivity contribution >= 4 is 17.4 Å². The van der Waals surface area contributed by atoms with Gasteiger partial charge in [-0.15, -0.1) is 0 Å². The van der Waals surface area contributed by atoms with Crippen LogP contribution in [0.2, 0.25) is 0 Å². The number of rotatable bonds is 3. The van der Waals surface area contributed by atoms with Crippen LogP contribution in [-0.4, -0.2) is 11.7 Å². The van der Waals surface area contributed by atoms with E-state index in [9.17, 15) is 9.59 Å². The molecule has 3 nitrogen and oxygen atoms in total. The highest BCUT2D eigenvalue weighted by Gasteiger charge is 2.52. The van der Waals surface area contributed by atoms with Crippen molar-refractivity contribution in [3.8, 4) is 0 Å². The van der Waals surface area contributed by atoms with Crippen molar-refractivity contribution in [1.29, 1.82) is 0 Å². The van der Waals surface area contributed by atoms with Crippen molar-refractivity contribution in [3.05, 3.63) is 54.1 Å². The molecule has 2 aliphatic carbocycles. The molecule has 3 rings (SSSR count). The number of hydrogen-bond donors (Lipinski definition) is 1. The smallest absolute Gasteiger partial charge is 0.228 e. The fourth-order valence-electron chi connectivity index (χ4n) is 3.90. The molecule has 3 atom stereocenters. The lowest BCUT2D eigenvalue weighted by Gasteiger charge is -2.06. The molecule has 1 aromatic carbocycles. The van der Waals surface area contributed by atoms with Gasteiger partial charge in [-0.1, -0.05) is 36.4 Å². The lowest BCUT2D eigenvalue weighted by atomic mass is 10.1. The van der Waals surface area contributed by atoms with E-state index >= 15 is 0 Å². The van der Waals surface area contributed by atoms with Crippen LogP contribution < -0.4 is 5.32 Å². The SMILES string of the molecule is CC(=O)c1cccc(NC(=O)C2C3CC/C=C\CC/C=C/CCC32)c1. The van der Waals surface area contributed by atoms with E-state index in [4.69, 9.17) is 0 Å². The first kappa shape index (κ1) is 17.7. The summed E-state index contributed by atoms with van der Waals surface area (Å²) in [4.78, 5) is 24.2. The number of hydrogen-bond acceptors (Lipinski definition) is 2. The normalized spacial score (nSPS) is 28.6. The number of carbonyl (C=O) groups is 2. The molecule has 25 heavy (non-hydrogen) atoms. The van der Waals surface area contributed by atoms with E-state index in [0.29, 0.717) is 17.4 Å². The molecule has 2 aliphatic rings. The van der Waals surface area contributed by atoms with E-state index in [2.05, 4.69) is 29.6 Å². The first-order valence-electron chi connectivity index (χ1n) is 9.38. The van der Waals surface area contributed by atoms with E-state index < -0.39 is 0 Å². The van der Waals surface area contributed by atoms with Gasteiger partial charge >= 0.3 is 0 Å². The molecule has 0 bridgehead atoms. The predicted octanol–water partition coefficient (Wildman–Crippen LogP) is 5.16. The summed E-state index contributed by atoms with van der Waals surface area (Å²) in [5, 5.41) is 3.03. The van der Waals surface area contributed by atoms with Gasteiger partial charge in [0.15, 0.2) is 5.78 Å². The van der Waals surface area contributed by atoms with Gasteiger partial charge in [0.25, 0.3) is 0 Å². The summed E-state index contributed by atoms with van der Waals surface area (Å²) in [7, 11) is 0. The molecule has 0 radical (unpaired) electrons. The lowest BCUT2D eigenvalue weighted by molar-refractivity contribution is -0.117. The second-order valence-electron chi connectivity index (χ2n) is 7.15. The van der Waals surface area contributed by atoms with Gasteiger partial charge in [-0.3, -0.25) is 9.59 Å². The number of Topliss-reactive ketones (excluding diaryl/α,β-unsaturated/α-hetero) is 1. The molecule has 1 fully saturated rings. The number of nitrogens with one attached hydrogen (secondary N) is 1. The standard InChI is InChI=1S/C22H27NO2/c1-16(24)17-11-10-12-18(15-17)23-22(25)21-19-13-8-6-4-2-3-5-7-9-14-20(19)21/h4-7,10-12,15,19-21H,2-3,8-9,13-14H2,1H3,(H,23,25)/b6-4-,7-5+. The summed E-state index contributed by atoms with van der Waals surface area (Å²) in [6.45, 7) is 1.54. The van der Waals surface area contributed by atoms with Gasteiger partial charge in [0.05, 0.1) is 0 Å². The highest BCUT2D eigenvalue weighted by molar-refractivity contribution is 5.98. The largest absolute Gasteiger partial charge is 0.326 e. The van der Waals surface area contributed by atoms with Gasteiger partial charge in [0, 0.05) is 17.2 Å². The summed E-state index contributed by atoms with van der Waals surface area (Å²) >= 11 is 0. The van der Waals surface area contributed by atoms with Crippen LogP contribution >= 0.6 is 0 Å². The molecule has 0 aromatic heterocycles. The van der Waals surface area contributed by atoms with Crippen LogP contribution in [0.25, 0.3) is 0 Å². The second kappa shape index (κ2) is 8.28. The molecular weight excluding hydrogens is 310 g/mol. The maximum Gasteiger partial charge on any atom is 0.228 e. The molecule has 3 unspecified atom stereocenters. The third-order valence-corrected chi connectivity index (χ3v) is 5.34. The molecule has 3 heteroatoms. The van der Waals surface area contributed by atoms with Crippen LogP contribution in [0.5, 0.6) is 0 Å². The van der Waals surface area contributed by atoms with Crippen molar-refractivity contribution in [3.63, 3.8) is 0 Å². The summed E-state index contributed by atoms with van der Waals surface area (Å²) < 4.78 is 0. The van der Waals surface area contributed by atoms with E-state index in [1.54, 1.807) is 19.1 Å². The van der Waals surface area contributed by atoms with Crippen molar-refractivity contribution in [1.82, 2.24) is 0 Å². The Morgan fingerprint density at radius 1 is 0.920 bits per heavy atom. The quantitative estimate of drug-likeness (QED) is 0.612. The summed E-state index contributed by atoms with van der Waals surface area (Å²) in [5.74, 6) is 1.23. The van der Waals surface area contributed by atoms with Crippen molar-refractivity contribution < 1.29 is 9.59 Å². The number of anilines is 1. The van der Waals surface area contributed by atoms with Crippen molar-refractivity contribution in [2.24, 2.45) is 17.8 Å². The van der Waals surface area contributed by atoms with Crippen molar-refractivity contribution in [2.75, 3.05) is 5.32 Å². The molecule has 1 saturated carbocycles. The third kappa shape index (κ3) is 4.68. The highest BCUT2D eigenvalue weighted by Crippen LogP contribution is 2.52. The molecule has 1 aromatic rings. The Labute approximate surface area is 150 Å². The molecule has 132 valence electrons. The Morgan fingerprint density at radius 2 is 1.52 bits per heavy atom. The Kier molecular flexibility index (Phi) is 5.85. The number of allylic oxidation sites excluding steroid dienone is 4. The van der Waals surface area contributed by atoms with Crippen LogP contribution in [-0.2, 0) is 4.79 Å². The van der Waals surface area contributed by atoms with Gasteiger partial charge in [-0.2, -0.15) is 0 Å². The van der Waals surface area contributed by atoms with Crippen LogP contribution in [0.4, 0.5) is 5.69 Å². The maximum atomic E-state index is 12.7. The van der Waals surface area contributed by atoms with E-state index in [1.165, 1.54) is 0 Å².